The van der Waals surface area contributed by atoms with Gasteiger partial charge in [-0.1, -0.05) is 48.5 Å². The number of fused-ring (bicyclic) bond motifs is 2. The van der Waals surface area contributed by atoms with Crippen molar-refractivity contribution < 1.29 is 14.4 Å². The Morgan fingerprint density at radius 3 is 1.92 bits per heavy atom. The number of anilines is 1. The van der Waals surface area contributed by atoms with E-state index in [1.54, 1.807) is 30.3 Å². The second kappa shape index (κ2) is 4.67. The summed E-state index contributed by atoms with van der Waals surface area (Å²) >= 11 is 0. The molecule has 0 aliphatic carbocycles. The van der Waals surface area contributed by atoms with Crippen molar-refractivity contribution in [2.45, 2.75) is 0 Å². The van der Waals surface area contributed by atoms with E-state index in [4.69, 9.17) is 0 Å². The van der Waals surface area contributed by atoms with Crippen molar-refractivity contribution >= 4 is 34.3 Å². The van der Waals surface area contributed by atoms with Crippen LogP contribution >= 0.6 is 0 Å². The third-order valence-corrected chi connectivity index (χ3v) is 4.46. The lowest BCUT2D eigenvalue weighted by atomic mass is 10.1. The van der Waals surface area contributed by atoms with Crippen LogP contribution in [-0.4, -0.2) is 28.0 Å². The van der Waals surface area contributed by atoms with Gasteiger partial charge in [-0.05, 0) is 23.6 Å². The van der Waals surface area contributed by atoms with Crippen LogP contribution in [0.1, 0.15) is 20.7 Å². The van der Waals surface area contributed by atoms with Crippen molar-refractivity contribution in [1.82, 2.24) is 10.1 Å². The zero-order chi connectivity index (χ0) is 17.1. The summed E-state index contributed by atoms with van der Waals surface area (Å²) in [6.07, 6.45) is 0. The molecule has 3 aromatic carbocycles. The molecule has 25 heavy (non-hydrogen) atoms. The fourth-order valence-corrected chi connectivity index (χ4v) is 3.25. The van der Waals surface area contributed by atoms with Crippen molar-refractivity contribution in [3.8, 4) is 0 Å². The Kier molecular flexibility index (Phi) is 2.57. The Labute approximate surface area is 142 Å². The minimum absolute atomic E-state index is 0.310. The van der Waals surface area contributed by atoms with Gasteiger partial charge in [0, 0.05) is 5.39 Å². The number of nitrogens with zero attached hydrogens (tertiary/aromatic N) is 3. The number of amides is 4. The van der Waals surface area contributed by atoms with E-state index in [-0.39, 0.29) is 0 Å². The molecule has 6 heteroatoms. The molecule has 4 amide bonds. The fourth-order valence-electron chi connectivity index (χ4n) is 3.25. The first-order chi connectivity index (χ1) is 12.2. The normalized spacial score (nSPS) is 16.0. The molecule has 0 radical (unpaired) electrons. The Hall–Kier alpha value is -3.67. The lowest BCUT2D eigenvalue weighted by molar-refractivity contribution is 0.0413. The van der Waals surface area contributed by atoms with E-state index in [0.29, 0.717) is 16.8 Å². The molecule has 120 valence electrons. The summed E-state index contributed by atoms with van der Waals surface area (Å²) in [6.45, 7) is 0. The highest BCUT2D eigenvalue weighted by atomic mass is 16.3. The van der Waals surface area contributed by atoms with Gasteiger partial charge >= 0.3 is 6.03 Å². The van der Waals surface area contributed by atoms with E-state index in [1.807, 2.05) is 36.4 Å². The number of rotatable bonds is 2. The predicted octanol–water partition coefficient (Wildman–Crippen LogP) is 3.21. The van der Waals surface area contributed by atoms with Gasteiger partial charge in [0.25, 0.3) is 11.8 Å². The number of benzene rings is 3. The number of hydrogen-bond acceptors (Lipinski definition) is 3. The molecule has 0 saturated carbocycles. The zero-order valence-corrected chi connectivity index (χ0v) is 12.9. The largest absolute Gasteiger partial charge is 0.385 e. The molecule has 0 spiro atoms. The van der Waals surface area contributed by atoms with Gasteiger partial charge in [0.05, 0.1) is 16.8 Å². The van der Waals surface area contributed by atoms with Crippen molar-refractivity contribution in [2.24, 2.45) is 0 Å². The van der Waals surface area contributed by atoms with E-state index < -0.39 is 17.8 Å². The summed E-state index contributed by atoms with van der Waals surface area (Å²) in [5.74, 6) is -0.978. The maximum atomic E-state index is 12.6. The zero-order valence-electron chi connectivity index (χ0n) is 12.9. The van der Waals surface area contributed by atoms with Crippen LogP contribution in [0.3, 0.4) is 0 Å². The van der Waals surface area contributed by atoms with Crippen molar-refractivity contribution in [3.63, 3.8) is 0 Å². The van der Waals surface area contributed by atoms with Crippen molar-refractivity contribution in [3.05, 3.63) is 77.9 Å². The van der Waals surface area contributed by atoms with Crippen molar-refractivity contribution in [2.75, 3.05) is 5.01 Å². The molecular formula is C19H11N3O3. The SMILES string of the molecule is O=C1c2ccccc2C(=O)N1N1C(=O)N1c1cccc2ccccc12. The average Bonchev–Trinajstić information content (AvgIpc) is 3.23. The lowest BCUT2D eigenvalue weighted by Crippen LogP contribution is -2.37. The van der Waals surface area contributed by atoms with Crippen LogP contribution in [0.25, 0.3) is 10.8 Å². The fraction of sp³-hybridized carbons (Fsp3) is 0. The van der Waals surface area contributed by atoms with Crippen LogP contribution in [0.15, 0.2) is 66.7 Å². The number of hydrogen-bond donors (Lipinski definition) is 0. The minimum Gasteiger partial charge on any atom is -0.267 e. The van der Waals surface area contributed by atoms with Gasteiger partial charge in [0.15, 0.2) is 0 Å². The molecule has 1 saturated heterocycles. The molecule has 2 aliphatic rings. The standard InChI is InChI=1S/C19H11N3O3/c23-17-14-9-3-4-10-15(14)18(24)21(17)22-19(25)20(22)16-11-5-7-12-6-1-2-8-13(12)16/h1-11H. The van der Waals surface area contributed by atoms with E-state index in [0.717, 1.165) is 20.9 Å². The molecule has 3 aromatic rings. The predicted molar refractivity (Wildman–Crippen MR) is 90.6 cm³/mol. The van der Waals surface area contributed by atoms with Crippen LogP contribution in [0.2, 0.25) is 0 Å². The van der Waals surface area contributed by atoms with Gasteiger partial charge in [-0.2, -0.15) is 10.0 Å². The summed E-state index contributed by atoms with van der Waals surface area (Å²) < 4.78 is 0. The number of carbonyl (C=O) groups is 3. The summed E-state index contributed by atoms with van der Waals surface area (Å²) in [5.41, 5.74) is 1.26. The van der Waals surface area contributed by atoms with Crippen LogP contribution in [0, 0.1) is 0 Å². The minimum atomic E-state index is -0.489. The highest BCUT2D eigenvalue weighted by Gasteiger charge is 2.56. The molecule has 0 atom stereocenters. The van der Waals surface area contributed by atoms with Gasteiger partial charge in [-0.25, -0.2) is 4.79 Å². The Balaban J connectivity index is 1.57. The first-order valence-electron chi connectivity index (χ1n) is 7.78. The van der Waals surface area contributed by atoms with Gasteiger partial charge < -0.3 is 0 Å². The van der Waals surface area contributed by atoms with Gasteiger partial charge in [-0.15, -0.1) is 5.12 Å². The second-order valence-corrected chi connectivity index (χ2v) is 5.85. The van der Waals surface area contributed by atoms with Gasteiger partial charge in [0.1, 0.15) is 0 Å². The molecule has 0 aromatic heterocycles. The molecule has 0 N–H and O–H groups in total. The number of urea groups is 1. The van der Waals surface area contributed by atoms with Crippen LogP contribution < -0.4 is 5.01 Å². The van der Waals surface area contributed by atoms with E-state index in [2.05, 4.69) is 0 Å². The summed E-state index contributed by atoms with van der Waals surface area (Å²) in [6, 6.07) is 19.4. The highest BCUT2D eigenvalue weighted by Crippen LogP contribution is 2.38. The second-order valence-electron chi connectivity index (χ2n) is 5.85. The smallest absolute Gasteiger partial charge is 0.267 e. The molecule has 2 heterocycles. The quantitative estimate of drug-likeness (QED) is 0.536. The Morgan fingerprint density at radius 1 is 0.600 bits per heavy atom. The number of imide groups is 1. The van der Waals surface area contributed by atoms with Gasteiger partial charge in [-0.3, -0.25) is 9.59 Å². The van der Waals surface area contributed by atoms with Crippen LogP contribution in [0.5, 0.6) is 0 Å². The Morgan fingerprint density at radius 2 is 1.20 bits per heavy atom. The third kappa shape index (κ3) is 1.76. The first kappa shape index (κ1) is 13.7. The van der Waals surface area contributed by atoms with E-state index in [1.165, 1.54) is 5.01 Å². The first-order valence-corrected chi connectivity index (χ1v) is 7.78. The maximum Gasteiger partial charge on any atom is 0.385 e. The summed E-state index contributed by atoms with van der Waals surface area (Å²) in [4.78, 5) is 37.5. The van der Waals surface area contributed by atoms with Crippen molar-refractivity contribution in [1.29, 1.82) is 0 Å². The topological polar surface area (TPSA) is 60.5 Å². The van der Waals surface area contributed by atoms with Crippen LogP contribution in [-0.2, 0) is 0 Å². The molecule has 0 bridgehead atoms. The molecule has 5 rings (SSSR count). The molecule has 2 aliphatic heterocycles. The number of hydrazine groups is 2. The third-order valence-electron chi connectivity index (χ3n) is 4.46. The lowest BCUT2D eigenvalue weighted by Gasteiger charge is -2.14. The molecule has 0 unspecified atom stereocenters. The average molecular weight is 329 g/mol. The number of carbonyl (C=O) groups excluding carboxylic acids is 3. The van der Waals surface area contributed by atoms with Crippen LogP contribution in [0.4, 0.5) is 10.5 Å². The maximum absolute atomic E-state index is 12.6. The Bertz CT molecular complexity index is 1050. The highest BCUT2D eigenvalue weighted by molar-refractivity contribution is 6.24. The molecule has 1 fully saturated rings. The summed E-state index contributed by atoms with van der Waals surface area (Å²) in [5, 5.41) is 5.17. The summed E-state index contributed by atoms with van der Waals surface area (Å²) in [7, 11) is 0. The van der Waals surface area contributed by atoms with E-state index >= 15 is 0 Å². The molecule has 6 nitrogen and oxygen atoms in total. The molecular weight excluding hydrogens is 318 g/mol. The van der Waals surface area contributed by atoms with E-state index in [9.17, 15) is 14.4 Å². The monoisotopic (exact) mass is 329 g/mol. The van der Waals surface area contributed by atoms with Gasteiger partial charge in [0.2, 0.25) is 0 Å².